The number of esters is 2. The second-order valence-electron chi connectivity index (χ2n) is 19.8. The first-order chi connectivity index (χ1) is 37.1. The molecule has 2 atom stereocenters. The number of likely N-dealkylation sites (N-methyl/N-ethyl adjacent to an activating group) is 1. The van der Waals surface area contributed by atoms with Gasteiger partial charge in [-0.2, -0.15) is 0 Å². The molecule has 0 amide bonds. The van der Waals surface area contributed by atoms with Gasteiger partial charge in [-0.1, -0.05) is 210 Å². The van der Waals surface area contributed by atoms with Crippen molar-refractivity contribution in [3.8, 4) is 0 Å². The fourth-order valence-electron chi connectivity index (χ4n) is 7.05. The fraction of sp³-hybridized carbons (Fsp3) is 0.567. The molecule has 0 aliphatic heterocycles. The number of allylic oxidation sites excluding steroid dienone is 26. The maximum Gasteiger partial charge on any atom is 0.306 e. The van der Waals surface area contributed by atoms with Gasteiger partial charge in [0.15, 0.2) is 12.4 Å². The van der Waals surface area contributed by atoms with E-state index in [2.05, 4.69) is 172 Å². The summed E-state index contributed by atoms with van der Waals surface area (Å²) in [7, 11) is 5.89. The molecule has 2 unspecified atom stereocenters. The molecule has 9 nitrogen and oxygen atoms in total. The maximum absolute atomic E-state index is 12.8. The van der Waals surface area contributed by atoms with Crippen molar-refractivity contribution in [2.75, 3.05) is 47.5 Å². The number of ether oxygens (including phenoxy) is 4. The zero-order valence-electron chi connectivity index (χ0n) is 48.3. The highest BCUT2D eigenvalue weighted by Crippen LogP contribution is 2.12. The van der Waals surface area contributed by atoms with Crippen molar-refractivity contribution in [1.29, 1.82) is 0 Å². The van der Waals surface area contributed by atoms with Crippen LogP contribution in [0.25, 0.3) is 0 Å². The number of hydrogen-bond donors (Lipinski definition) is 0. The summed E-state index contributed by atoms with van der Waals surface area (Å²) < 4.78 is 22.5. The molecule has 0 saturated carbocycles. The van der Waals surface area contributed by atoms with Crippen LogP contribution in [0.1, 0.15) is 187 Å². The van der Waals surface area contributed by atoms with E-state index in [4.69, 9.17) is 18.9 Å². The molecule has 0 heterocycles. The van der Waals surface area contributed by atoms with Crippen LogP contribution in [0.5, 0.6) is 0 Å². The quantitative estimate of drug-likeness (QED) is 0.0195. The highest BCUT2D eigenvalue weighted by molar-refractivity contribution is 5.70. The number of carbonyl (C=O) groups is 3. The van der Waals surface area contributed by atoms with Gasteiger partial charge < -0.3 is 33.3 Å². The van der Waals surface area contributed by atoms with Crippen LogP contribution in [0.15, 0.2) is 158 Å². The Labute approximate surface area is 464 Å². The summed E-state index contributed by atoms with van der Waals surface area (Å²) in [5.74, 6) is -2.36. The highest BCUT2D eigenvalue weighted by Gasteiger charge is 2.22. The second-order valence-corrected chi connectivity index (χ2v) is 19.8. The van der Waals surface area contributed by atoms with Crippen molar-refractivity contribution in [2.45, 2.75) is 200 Å². The van der Waals surface area contributed by atoms with E-state index < -0.39 is 24.3 Å². The average Bonchev–Trinajstić information content (AvgIpc) is 3.39. The average molecular weight is 1050 g/mol. The Hall–Kier alpha value is -5.09. The Bertz CT molecular complexity index is 1800. The Morgan fingerprint density at radius 3 is 1.13 bits per heavy atom. The molecule has 0 radical (unpaired) electrons. The molecule has 0 aromatic rings. The molecule has 0 aliphatic rings. The summed E-state index contributed by atoms with van der Waals surface area (Å²) in [4.78, 5) is 37.1. The number of aliphatic carboxylic acids is 1. The summed E-state index contributed by atoms with van der Waals surface area (Å²) >= 11 is 0. The van der Waals surface area contributed by atoms with Crippen LogP contribution in [0.2, 0.25) is 0 Å². The van der Waals surface area contributed by atoms with Crippen LogP contribution in [0.3, 0.4) is 0 Å². The van der Waals surface area contributed by atoms with Crippen LogP contribution in [0.4, 0.5) is 0 Å². The lowest BCUT2D eigenvalue weighted by molar-refractivity contribution is -0.870. The standard InChI is InChI=1S/C67H105NO8/c1-6-8-10-12-14-16-18-19-20-21-22-23-24-25-26-27-28-29-30-31-32-33-34-35-36-37-38-39-40-41-42-43-44-45-46-47-48-50-52-54-56-58-65(70)76-63(62-75-67(66(71)72)73-60-59-68(3,4)5)61-74-64(69)57-55-53-51-49-17-15-13-11-9-7-2/h8,10-11,13-14,16,19-20,22-23,25-26,28-29,31-32,34-35,37-38,40-41,43-44,46-47,63,67H,6-7,9,12,15,17-18,21,24,27,30,33,36,39,42,45,48-62H2,1-5H3/b10-8-,13-11-,16-14-,20-19-,23-22-,26-25-,29-28-,32-31-,35-34-,38-37-,41-40-,44-43-,47-46-. The van der Waals surface area contributed by atoms with E-state index in [-0.39, 0.29) is 38.6 Å². The van der Waals surface area contributed by atoms with Gasteiger partial charge in [0.25, 0.3) is 0 Å². The van der Waals surface area contributed by atoms with Gasteiger partial charge in [-0.25, -0.2) is 0 Å². The van der Waals surface area contributed by atoms with Gasteiger partial charge in [0.1, 0.15) is 13.2 Å². The van der Waals surface area contributed by atoms with Gasteiger partial charge in [0.05, 0.1) is 40.3 Å². The van der Waals surface area contributed by atoms with Gasteiger partial charge in [0.2, 0.25) is 0 Å². The smallest absolute Gasteiger partial charge is 0.306 e. The molecule has 9 heteroatoms. The number of quaternary nitrogens is 1. The van der Waals surface area contributed by atoms with Crippen LogP contribution >= 0.6 is 0 Å². The molecule has 0 N–H and O–H groups in total. The first-order valence-electron chi connectivity index (χ1n) is 29.1. The van der Waals surface area contributed by atoms with Gasteiger partial charge in [-0.05, 0) is 122 Å². The number of carboxylic acid groups (broad SMARTS) is 1. The number of rotatable bonds is 51. The summed E-state index contributed by atoms with van der Waals surface area (Å²) in [6, 6.07) is 0. The SMILES string of the molecule is CC/C=C\C/C=C\C/C=C\C/C=C\C/C=C\C/C=C\C/C=C\C/C=C\C/C=C\C/C=C\C/C=C\C/C=C\CCCCCCC(=O)OC(COC(=O)CCCCCCC/C=C\CCC)COC(OCC[N+](C)(C)C)C(=O)[O-]. The molecule has 76 heavy (non-hydrogen) atoms. The van der Waals surface area contributed by atoms with Crippen molar-refractivity contribution in [3.63, 3.8) is 0 Å². The highest BCUT2D eigenvalue weighted by atomic mass is 16.7. The number of hydrogen-bond acceptors (Lipinski definition) is 8. The molecule has 426 valence electrons. The minimum absolute atomic E-state index is 0.133. The Balaban J connectivity index is 4.21. The number of carboxylic acids is 1. The minimum Gasteiger partial charge on any atom is -0.545 e. The lowest BCUT2D eigenvalue weighted by Crippen LogP contribution is -2.44. The monoisotopic (exact) mass is 1050 g/mol. The summed E-state index contributed by atoms with van der Waals surface area (Å²) in [6.07, 6.45) is 80.3. The van der Waals surface area contributed by atoms with E-state index in [1.165, 1.54) is 6.42 Å². The van der Waals surface area contributed by atoms with E-state index in [1.807, 2.05) is 21.1 Å². The molecule has 0 aromatic heterocycles. The molecule has 0 saturated heterocycles. The number of carbonyl (C=O) groups excluding carboxylic acids is 3. The summed E-state index contributed by atoms with van der Waals surface area (Å²) in [5, 5.41) is 11.7. The third kappa shape index (κ3) is 56.6. The van der Waals surface area contributed by atoms with E-state index in [9.17, 15) is 19.5 Å². The molecule has 0 fully saturated rings. The fourth-order valence-corrected chi connectivity index (χ4v) is 7.05. The van der Waals surface area contributed by atoms with E-state index in [0.717, 1.165) is 148 Å². The predicted octanol–water partition coefficient (Wildman–Crippen LogP) is 16.1. The molecular weight excluding hydrogens is 947 g/mol. The van der Waals surface area contributed by atoms with Crippen LogP contribution in [0, 0.1) is 0 Å². The first kappa shape index (κ1) is 70.9. The zero-order chi connectivity index (χ0) is 55.5. The summed E-state index contributed by atoms with van der Waals surface area (Å²) in [5.41, 5.74) is 0. The van der Waals surface area contributed by atoms with Gasteiger partial charge in [-0.15, -0.1) is 0 Å². The number of nitrogens with zero attached hydrogens (tertiary/aromatic N) is 1. The predicted molar refractivity (Wildman–Crippen MR) is 319 cm³/mol. The molecule has 0 rings (SSSR count). The van der Waals surface area contributed by atoms with Crippen LogP contribution < -0.4 is 5.11 Å². The molecule has 0 aliphatic carbocycles. The van der Waals surface area contributed by atoms with Crippen LogP contribution in [-0.2, 0) is 33.3 Å². The Morgan fingerprint density at radius 1 is 0.408 bits per heavy atom. The van der Waals surface area contributed by atoms with Crippen molar-refractivity contribution in [3.05, 3.63) is 158 Å². The third-order valence-electron chi connectivity index (χ3n) is 11.5. The third-order valence-corrected chi connectivity index (χ3v) is 11.5. The lowest BCUT2D eigenvalue weighted by atomic mass is 10.1. The van der Waals surface area contributed by atoms with Crippen molar-refractivity contribution in [2.24, 2.45) is 0 Å². The molecular formula is C67H105NO8. The summed E-state index contributed by atoms with van der Waals surface area (Å²) in [6.45, 7) is 4.48. The second kappa shape index (κ2) is 56.1. The topological polar surface area (TPSA) is 111 Å². The van der Waals surface area contributed by atoms with Crippen molar-refractivity contribution >= 4 is 17.9 Å². The molecule has 0 bridgehead atoms. The molecule has 0 aromatic carbocycles. The van der Waals surface area contributed by atoms with E-state index in [1.54, 1.807) is 0 Å². The lowest BCUT2D eigenvalue weighted by Gasteiger charge is -2.26. The largest absolute Gasteiger partial charge is 0.545 e. The minimum atomic E-state index is -1.64. The number of unbranched alkanes of at least 4 members (excludes halogenated alkanes) is 10. The Kier molecular flexibility index (Phi) is 52.4. The van der Waals surface area contributed by atoms with Crippen LogP contribution in [-0.4, -0.2) is 82.3 Å². The first-order valence-corrected chi connectivity index (χ1v) is 29.1. The van der Waals surface area contributed by atoms with E-state index in [0.29, 0.717) is 17.4 Å². The van der Waals surface area contributed by atoms with Gasteiger partial charge in [-0.3, -0.25) is 9.59 Å². The molecule has 0 spiro atoms. The van der Waals surface area contributed by atoms with Crippen molar-refractivity contribution < 1.29 is 42.9 Å². The van der Waals surface area contributed by atoms with Gasteiger partial charge in [0, 0.05) is 12.8 Å². The zero-order valence-corrected chi connectivity index (χ0v) is 48.3. The Morgan fingerprint density at radius 2 is 0.750 bits per heavy atom. The van der Waals surface area contributed by atoms with Gasteiger partial charge >= 0.3 is 11.9 Å². The normalized spacial score (nSPS) is 14.0. The maximum atomic E-state index is 12.8. The van der Waals surface area contributed by atoms with E-state index >= 15 is 0 Å². The van der Waals surface area contributed by atoms with Crippen molar-refractivity contribution in [1.82, 2.24) is 0 Å².